The molecule has 0 atom stereocenters. The second kappa shape index (κ2) is 7.41. The molecule has 2 fully saturated rings. The number of carbonyl (C=O) groups is 4. The molecule has 0 aromatic rings. The fraction of sp³-hybridized carbons (Fsp3) is 0.765. The number of piperazine rings is 2. The highest BCUT2D eigenvalue weighted by atomic mass is 16.2. The lowest BCUT2D eigenvalue weighted by molar-refractivity contribution is -0.158. The van der Waals surface area contributed by atoms with Crippen molar-refractivity contribution in [3.8, 4) is 0 Å². The van der Waals surface area contributed by atoms with E-state index in [2.05, 4.69) is 0 Å². The summed E-state index contributed by atoms with van der Waals surface area (Å²) in [5.41, 5.74) is -1.14. The zero-order valence-electron chi connectivity index (χ0n) is 15.6. The highest BCUT2D eigenvalue weighted by Gasteiger charge is 2.43. The van der Waals surface area contributed by atoms with Crippen LogP contribution in [-0.2, 0) is 19.2 Å². The minimum Gasteiger partial charge on any atom is -0.339 e. The molecule has 140 valence electrons. The van der Waals surface area contributed by atoms with Gasteiger partial charge < -0.3 is 19.6 Å². The van der Waals surface area contributed by atoms with E-state index in [4.69, 9.17) is 0 Å². The van der Waals surface area contributed by atoms with Crippen molar-refractivity contribution in [1.82, 2.24) is 19.6 Å². The molecule has 2 aliphatic heterocycles. The first-order valence-corrected chi connectivity index (χ1v) is 8.74. The molecule has 0 spiro atoms. The minimum absolute atomic E-state index is 0.00535. The molecule has 0 saturated carbocycles. The Kier molecular flexibility index (Phi) is 5.69. The highest BCUT2D eigenvalue weighted by molar-refractivity contribution is 6.04. The van der Waals surface area contributed by atoms with Crippen molar-refractivity contribution in [2.24, 2.45) is 5.41 Å². The van der Waals surface area contributed by atoms with Gasteiger partial charge in [0.1, 0.15) is 5.41 Å². The first kappa shape index (κ1) is 19.2. The van der Waals surface area contributed by atoms with Gasteiger partial charge in [-0.1, -0.05) is 0 Å². The molecule has 0 unspecified atom stereocenters. The number of amides is 4. The number of hydrogen-bond acceptors (Lipinski definition) is 4. The molecule has 2 saturated heterocycles. The van der Waals surface area contributed by atoms with Gasteiger partial charge in [-0.2, -0.15) is 0 Å². The SMILES string of the molecule is CC(=O)N1CCN(C(=O)C(C)(C)C(=O)N2CCN(C(C)=O)CC2)CC1. The van der Waals surface area contributed by atoms with Crippen LogP contribution in [0.15, 0.2) is 0 Å². The van der Waals surface area contributed by atoms with Crippen LogP contribution in [0.25, 0.3) is 0 Å². The molecule has 0 N–H and O–H groups in total. The standard InChI is InChI=1S/C17H28N4O4/c1-13(22)18-5-9-20(10-6-18)15(24)17(3,4)16(25)21-11-7-19(8-12-21)14(2)23/h5-12H2,1-4H3. The molecule has 8 heteroatoms. The lowest BCUT2D eigenvalue weighted by Gasteiger charge is -2.41. The van der Waals surface area contributed by atoms with Crippen molar-refractivity contribution in [2.45, 2.75) is 27.7 Å². The van der Waals surface area contributed by atoms with Gasteiger partial charge in [0.05, 0.1) is 0 Å². The van der Waals surface area contributed by atoms with E-state index < -0.39 is 5.41 Å². The summed E-state index contributed by atoms with van der Waals surface area (Å²) in [4.78, 5) is 55.3. The molecule has 25 heavy (non-hydrogen) atoms. The molecular weight excluding hydrogens is 324 g/mol. The third-order valence-corrected chi connectivity index (χ3v) is 5.09. The maximum absolute atomic E-state index is 12.9. The predicted molar refractivity (Wildman–Crippen MR) is 91.4 cm³/mol. The van der Waals surface area contributed by atoms with E-state index in [9.17, 15) is 19.2 Å². The molecule has 2 rings (SSSR count). The summed E-state index contributed by atoms with van der Waals surface area (Å²) in [6.45, 7) is 10.2. The average molecular weight is 352 g/mol. The van der Waals surface area contributed by atoms with Crippen LogP contribution >= 0.6 is 0 Å². The number of nitrogens with zero attached hydrogens (tertiary/aromatic N) is 4. The number of rotatable bonds is 2. The smallest absolute Gasteiger partial charge is 0.237 e. The van der Waals surface area contributed by atoms with Crippen molar-refractivity contribution in [3.05, 3.63) is 0 Å². The lowest BCUT2D eigenvalue weighted by atomic mass is 9.89. The van der Waals surface area contributed by atoms with Crippen molar-refractivity contribution < 1.29 is 19.2 Å². The summed E-state index contributed by atoms with van der Waals surface area (Å²) >= 11 is 0. The van der Waals surface area contributed by atoms with Crippen LogP contribution in [0.5, 0.6) is 0 Å². The van der Waals surface area contributed by atoms with Crippen LogP contribution in [0.2, 0.25) is 0 Å². The topological polar surface area (TPSA) is 81.2 Å². The fourth-order valence-corrected chi connectivity index (χ4v) is 3.33. The van der Waals surface area contributed by atoms with E-state index in [-0.39, 0.29) is 23.6 Å². The van der Waals surface area contributed by atoms with E-state index in [0.717, 1.165) is 0 Å². The number of hydrogen-bond donors (Lipinski definition) is 0. The van der Waals surface area contributed by atoms with E-state index in [1.54, 1.807) is 33.4 Å². The summed E-state index contributed by atoms with van der Waals surface area (Å²) < 4.78 is 0. The van der Waals surface area contributed by atoms with Crippen molar-refractivity contribution in [1.29, 1.82) is 0 Å². The second-order valence-electron chi connectivity index (χ2n) is 7.22. The predicted octanol–water partition coefficient (Wildman–Crippen LogP) is -0.606. The molecule has 0 bridgehead atoms. The molecule has 2 heterocycles. The van der Waals surface area contributed by atoms with Crippen molar-refractivity contribution >= 4 is 23.6 Å². The largest absolute Gasteiger partial charge is 0.339 e. The molecule has 8 nitrogen and oxygen atoms in total. The Bertz CT molecular complexity index is 511. The Morgan fingerprint density at radius 3 is 1.04 bits per heavy atom. The van der Waals surface area contributed by atoms with Crippen molar-refractivity contribution in [2.75, 3.05) is 52.4 Å². The third-order valence-electron chi connectivity index (χ3n) is 5.09. The Morgan fingerprint density at radius 1 is 0.560 bits per heavy atom. The van der Waals surface area contributed by atoms with Crippen LogP contribution in [0, 0.1) is 5.41 Å². The molecule has 2 aliphatic rings. The fourth-order valence-electron chi connectivity index (χ4n) is 3.33. The van der Waals surface area contributed by atoms with Crippen LogP contribution in [0.4, 0.5) is 0 Å². The summed E-state index contributed by atoms with van der Waals surface area (Å²) in [6.07, 6.45) is 0. The monoisotopic (exact) mass is 352 g/mol. The first-order valence-electron chi connectivity index (χ1n) is 8.74. The normalized spacial score (nSPS) is 19.0. The molecule has 0 aliphatic carbocycles. The lowest BCUT2D eigenvalue weighted by Crippen LogP contribution is -2.58. The van der Waals surface area contributed by atoms with Gasteiger partial charge in [-0.25, -0.2) is 0 Å². The van der Waals surface area contributed by atoms with E-state index in [0.29, 0.717) is 52.4 Å². The van der Waals surface area contributed by atoms with Crippen LogP contribution in [0.3, 0.4) is 0 Å². The molecule has 0 aromatic carbocycles. The van der Waals surface area contributed by atoms with Gasteiger partial charge in [0.2, 0.25) is 23.6 Å². The maximum atomic E-state index is 12.9. The van der Waals surface area contributed by atoms with Crippen LogP contribution in [-0.4, -0.2) is 95.6 Å². The Morgan fingerprint density at radius 2 is 0.800 bits per heavy atom. The Balaban J connectivity index is 1.96. The zero-order chi connectivity index (χ0) is 18.8. The van der Waals surface area contributed by atoms with Crippen LogP contribution < -0.4 is 0 Å². The Hall–Kier alpha value is -2.12. The van der Waals surface area contributed by atoms with E-state index >= 15 is 0 Å². The van der Waals surface area contributed by atoms with Gasteiger partial charge in [-0.05, 0) is 13.8 Å². The Labute approximate surface area is 148 Å². The molecule has 0 radical (unpaired) electrons. The first-order chi connectivity index (χ1) is 11.6. The van der Waals surface area contributed by atoms with Gasteiger partial charge in [0.25, 0.3) is 0 Å². The van der Waals surface area contributed by atoms with Gasteiger partial charge in [-0.3, -0.25) is 19.2 Å². The van der Waals surface area contributed by atoms with E-state index in [1.165, 1.54) is 13.8 Å². The quantitative estimate of drug-likeness (QED) is 0.621. The molecule has 0 aromatic heterocycles. The molecule has 4 amide bonds. The van der Waals surface area contributed by atoms with Gasteiger partial charge >= 0.3 is 0 Å². The summed E-state index contributed by atoms with van der Waals surface area (Å²) in [7, 11) is 0. The second-order valence-corrected chi connectivity index (χ2v) is 7.22. The van der Waals surface area contributed by atoms with Crippen LogP contribution in [0.1, 0.15) is 27.7 Å². The zero-order valence-corrected chi connectivity index (χ0v) is 15.6. The van der Waals surface area contributed by atoms with Crippen molar-refractivity contribution in [3.63, 3.8) is 0 Å². The van der Waals surface area contributed by atoms with Gasteiger partial charge in [-0.15, -0.1) is 0 Å². The minimum atomic E-state index is -1.14. The average Bonchev–Trinajstić information content (AvgIpc) is 2.60. The highest BCUT2D eigenvalue weighted by Crippen LogP contribution is 2.24. The van der Waals surface area contributed by atoms with Gasteiger partial charge in [0, 0.05) is 66.2 Å². The number of carbonyl (C=O) groups excluding carboxylic acids is 4. The summed E-state index contributed by atoms with van der Waals surface area (Å²) in [6, 6.07) is 0. The molecular formula is C17H28N4O4. The summed E-state index contributed by atoms with van der Waals surface area (Å²) in [5.74, 6) is -0.388. The third kappa shape index (κ3) is 4.11. The summed E-state index contributed by atoms with van der Waals surface area (Å²) in [5, 5.41) is 0. The maximum Gasteiger partial charge on any atom is 0.237 e. The van der Waals surface area contributed by atoms with Gasteiger partial charge in [0.15, 0.2) is 0 Å². The van der Waals surface area contributed by atoms with E-state index in [1.807, 2.05) is 0 Å².